The molecule has 1 aliphatic rings. The van der Waals surface area contributed by atoms with Crippen molar-refractivity contribution in [2.45, 2.75) is 45.2 Å². The number of hydrogen-bond acceptors (Lipinski definition) is 3. The van der Waals surface area contributed by atoms with E-state index in [9.17, 15) is 4.79 Å². The minimum atomic E-state index is 0.512. The Bertz CT molecular complexity index is 368. The van der Waals surface area contributed by atoms with Crippen molar-refractivity contribution in [3.05, 3.63) is 23.9 Å². The van der Waals surface area contributed by atoms with Crippen LogP contribution in [0.3, 0.4) is 0 Å². The number of carbonyl (C=O) groups is 1. The number of anilines is 1. The molecule has 0 bridgehead atoms. The molecule has 1 aromatic heterocycles. The first-order valence-corrected chi connectivity index (χ1v) is 5.93. The van der Waals surface area contributed by atoms with Gasteiger partial charge in [0.1, 0.15) is 11.5 Å². The third-order valence-electron chi connectivity index (χ3n) is 3.33. The quantitative estimate of drug-likeness (QED) is 0.715. The highest BCUT2D eigenvalue weighted by molar-refractivity contribution is 5.72. The van der Waals surface area contributed by atoms with Crippen molar-refractivity contribution >= 4 is 12.1 Å². The Kier molecular flexibility index (Phi) is 3.22. The van der Waals surface area contributed by atoms with Gasteiger partial charge in [-0.15, -0.1) is 0 Å². The lowest BCUT2D eigenvalue weighted by Gasteiger charge is -2.40. The Morgan fingerprint density at radius 3 is 2.62 bits per heavy atom. The fraction of sp³-hybridized carbons (Fsp3) is 0.538. The van der Waals surface area contributed by atoms with Crippen LogP contribution in [0.25, 0.3) is 0 Å². The van der Waals surface area contributed by atoms with E-state index in [0.717, 1.165) is 12.1 Å². The highest BCUT2D eigenvalue weighted by atomic mass is 16.1. The highest BCUT2D eigenvalue weighted by Crippen LogP contribution is 2.27. The van der Waals surface area contributed by atoms with E-state index in [1.165, 1.54) is 19.3 Å². The van der Waals surface area contributed by atoms with Crippen molar-refractivity contribution in [1.82, 2.24) is 4.98 Å². The highest BCUT2D eigenvalue weighted by Gasteiger charge is 2.25. The standard InChI is InChI=1S/C13H18N2O/c1-10-5-3-6-11(2)15(10)13-8-4-7-12(9-16)14-13/h4,7-11H,3,5-6H2,1-2H3. The van der Waals surface area contributed by atoms with Gasteiger partial charge in [0.25, 0.3) is 0 Å². The average molecular weight is 218 g/mol. The van der Waals surface area contributed by atoms with E-state index in [1.807, 2.05) is 12.1 Å². The Morgan fingerprint density at radius 2 is 2.00 bits per heavy atom. The summed E-state index contributed by atoms with van der Waals surface area (Å²) in [5.41, 5.74) is 0.516. The van der Waals surface area contributed by atoms with Gasteiger partial charge >= 0.3 is 0 Å². The van der Waals surface area contributed by atoms with Gasteiger partial charge in [-0.05, 0) is 45.2 Å². The summed E-state index contributed by atoms with van der Waals surface area (Å²) in [4.78, 5) is 17.4. The molecule has 0 aromatic carbocycles. The number of aldehydes is 1. The van der Waals surface area contributed by atoms with Crippen LogP contribution in [0.1, 0.15) is 43.6 Å². The van der Waals surface area contributed by atoms with Crippen molar-refractivity contribution in [1.29, 1.82) is 0 Å². The molecule has 2 unspecified atom stereocenters. The SMILES string of the molecule is CC1CCCC(C)N1c1cccc(C=O)n1. The van der Waals surface area contributed by atoms with Crippen LogP contribution in [0.4, 0.5) is 5.82 Å². The van der Waals surface area contributed by atoms with Crippen LogP contribution in [-0.4, -0.2) is 23.4 Å². The minimum absolute atomic E-state index is 0.512. The first kappa shape index (κ1) is 11.1. The van der Waals surface area contributed by atoms with Gasteiger partial charge in [-0.2, -0.15) is 0 Å². The van der Waals surface area contributed by atoms with Crippen LogP contribution in [0.5, 0.6) is 0 Å². The number of aromatic nitrogens is 1. The lowest BCUT2D eigenvalue weighted by Crippen LogP contribution is -2.44. The molecule has 1 saturated heterocycles. The lowest BCUT2D eigenvalue weighted by atomic mass is 9.97. The largest absolute Gasteiger partial charge is 0.351 e. The summed E-state index contributed by atoms with van der Waals surface area (Å²) in [6, 6.07) is 6.66. The predicted molar refractivity (Wildman–Crippen MR) is 64.9 cm³/mol. The van der Waals surface area contributed by atoms with Gasteiger partial charge in [-0.3, -0.25) is 4.79 Å². The van der Waals surface area contributed by atoms with Gasteiger partial charge in [0, 0.05) is 12.1 Å². The van der Waals surface area contributed by atoms with Gasteiger partial charge in [-0.1, -0.05) is 6.07 Å². The van der Waals surface area contributed by atoms with Crippen molar-refractivity contribution in [3.8, 4) is 0 Å². The maximum Gasteiger partial charge on any atom is 0.168 e. The molecule has 0 spiro atoms. The Balaban J connectivity index is 2.29. The number of hydrogen-bond donors (Lipinski definition) is 0. The Morgan fingerprint density at radius 1 is 1.31 bits per heavy atom. The van der Waals surface area contributed by atoms with Gasteiger partial charge in [0.15, 0.2) is 6.29 Å². The van der Waals surface area contributed by atoms with E-state index in [1.54, 1.807) is 6.07 Å². The van der Waals surface area contributed by atoms with Crippen molar-refractivity contribution in [2.75, 3.05) is 4.90 Å². The van der Waals surface area contributed by atoms with Crippen molar-refractivity contribution < 1.29 is 4.79 Å². The zero-order valence-electron chi connectivity index (χ0n) is 9.89. The molecule has 1 fully saturated rings. The monoisotopic (exact) mass is 218 g/mol. The van der Waals surface area contributed by atoms with Crippen LogP contribution in [0.2, 0.25) is 0 Å². The Labute approximate surface area is 96.5 Å². The van der Waals surface area contributed by atoms with Crippen LogP contribution >= 0.6 is 0 Å². The third kappa shape index (κ3) is 2.08. The second kappa shape index (κ2) is 4.64. The van der Waals surface area contributed by atoms with Crippen molar-refractivity contribution in [2.24, 2.45) is 0 Å². The van der Waals surface area contributed by atoms with E-state index in [0.29, 0.717) is 17.8 Å². The van der Waals surface area contributed by atoms with Crippen molar-refractivity contribution in [3.63, 3.8) is 0 Å². The number of rotatable bonds is 2. The summed E-state index contributed by atoms with van der Waals surface area (Å²) < 4.78 is 0. The number of nitrogens with zero attached hydrogens (tertiary/aromatic N) is 2. The fourth-order valence-corrected chi connectivity index (χ4v) is 2.52. The summed E-state index contributed by atoms with van der Waals surface area (Å²) in [6.45, 7) is 4.45. The molecule has 2 atom stereocenters. The van der Waals surface area contributed by atoms with E-state index >= 15 is 0 Å². The summed E-state index contributed by atoms with van der Waals surface area (Å²) in [5, 5.41) is 0. The van der Waals surface area contributed by atoms with Gasteiger partial charge in [0.05, 0.1) is 0 Å². The average Bonchev–Trinajstić information content (AvgIpc) is 2.29. The predicted octanol–water partition coefficient (Wildman–Crippen LogP) is 2.66. The molecule has 86 valence electrons. The second-order valence-electron chi connectivity index (χ2n) is 4.57. The molecule has 0 radical (unpaired) electrons. The number of piperidine rings is 1. The summed E-state index contributed by atoms with van der Waals surface area (Å²) in [6.07, 6.45) is 4.50. The maximum atomic E-state index is 10.7. The molecule has 3 heteroatoms. The molecular formula is C13H18N2O. The lowest BCUT2D eigenvalue weighted by molar-refractivity contribution is 0.111. The number of pyridine rings is 1. The third-order valence-corrected chi connectivity index (χ3v) is 3.33. The van der Waals surface area contributed by atoms with Crippen LogP contribution in [0.15, 0.2) is 18.2 Å². The van der Waals surface area contributed by atoms with E-state index in [2.05, 4.69) is 23.7 Å². The van der Waals surface area contributed by atoms with Crippen LogP contribution in [0, 0.1) is 0 Å². The zero-order chi connectivity index (χ0) is 11.5. The van der Waals surface area contributed by atoms with Gasteiger partial charge < -0.3 is 4.90 Å². The molecule has 2 heterocycles. The topological polar surface area (TPSA) is 33.2 Å². The summed E-state index contributed by atoms with van der Waals surface area (Å²) >= 11 is 0. The maximum absolute atomic E-state index is 10.7. The zero-order valence-corrected chi connectivity index (χ0v) is 9.89. The van der Waals surface area contributed by atoms with E-state index in [-0.39, 0.29) is 0 Å². The van der Waals surface area contributed by atoms with Gasteiger partial charge in [-0.25, -0.2) is 4.98 Å². The molecule has 1 aromatic rings. The molecule has 3 nitrogen and oxygen atoms in total. The number of carbonyl (C=O) groups excluding carboxylic acids is 1. The molecule has 2 rings (SSSR count). The second-order valence-corrected chi connectivity index (χ2v) is 4.57. The van der Waals surface area contributed by atoms with Gasteiger partial charge in [0.2, 0.25) is 0 Å². The van der Waals surface area contributed by atoms with Crippen LogP contribution < -0.4 is 4.90 Å². The summed E-state index contributed by atoms with van der Waals surface area (Å²) in [7, 11) is 0. The fourth-order valence-electron chi connectivity index (χ4n) is 2.52. The van der Waals surface area contributed by atoms with Crippen LogP contribution in [-0.2, 0) is 0 Å². The molecule has 0 aliphatic carbocycles. The molecule has 16 heavy (non-hydrogen) atoms. The molecule has 0 saturated carbocycles. The first-order valence-electron chi connectivity index (χ1n) is 5.93. The normalized spacial score (nSPS) is 25.5. The van der Waals surface area contributed by atoms with E-state index < -0.39 is 0 Å². The molecule has 0 amide bonds. The smallest absolute Gasteiger partial charge is 0.168 e. The molecular weight excluding hydrogens is 200 g/mol. The first-order chi connectivity index (χ1) is 7.72. The summed E-state index contributed by atoms with van der Waals surface area (Å²) in [5.74, 6) is 0.935. The molecule has 0 N–H and O–H groups in total. The minimum Gasteiger partial charge on any atom is -0.351 e. The van der Waals surface area contributed by atoms with E-state index in [4.69, 9.17) is 0 Å². The Hall–Kier alpha value is -1.38. The molecule has 1 aliphatic heterocycles.